The normalized spacial score (nSPS) is 16.4. The third-order valence-corrected chi connectivity index (χ3v) is 4.77. The summed E-state index contributed by atoms with van der Waals surface area (Å²) in [6.45, 7) is 4.32. The summed E-state index contributed by atoms with van der Waals surface area (Å²) < 4.78 is 21.3. The molecule has 3 rings (SSSR count). The monoisotopic (exact) mass is 403 g/mol. The van der Waals surface area contributed by atoms with E-state index in [2.05, 4.69) is 25.7 Å². The first-order valence-electron chi connectivity index (χ1n) is 9.92. The van der Waals surface area contributed by atoms with Gasteiger partial charge in [-0.1, -0.05) is 6.07 Å². The number of rotatable bonds is 7. The number of anilines is 1. The van der Waals surface area contributed by atoms with E-state index in [1.165, 1.54) is 0 Å². The van der Waals surface area contributed by atoms with E-state index in [0.717, 1.165) is 43.3 Å². The lowest BCUT2D eigenvalue weighted by Gasteiger charge is -2.25. The molecule has 0 aliphatic carbocycles. The van der Waals surface area contributed by atoms with Gasteiger partial charge in [0, 0.05) is 40.2 Å². The van der Waals surface area contributed by atoms with Crippen molar-refractivity contribution in [3.05, 3.63) is 41.2 Å². The Labute approximate surface area is 171 Å². The Bertz CT molecular complexity index is 849. The van der Waals surface area contributed by atoms with Crippen LogP contribution in [0, 0.1) is 5.82 Å². The molecule has 29 heavy (non-hydrogen) atoms. The van der Waals surface area contributed by atoms with Gasteiger partial charge in [0.05, 0.1) is 18.8 Å². The molecule has 158 valence electrons. The lowest BCUT2D eigenvalue weighted by Crippen LogP contribution is -2.47. The first kappa shape index (κ1) is 21.0. The summed E-state index contributed by atoms with van der Waals surface area (Å²) in [5.41, 5.74) is 1.40. The van der Waals surface area contributed by atoms with Crippen LogP contribution in [-0.4, -0.2) is 54.5 Å². The maximum Gasteiger partial charge on any atom is 0.191 e. The number of guanidine groups is 1. The molecule has 8 nitrogen and oxygen atoms in total. The molecule has 0 amide bonds. The van der Waals surface area contributed by atoms with Crippen LogP contribution < -0.4 is 15.5 Å². The van der Waals surface area contributed by atoms with E-state index in [0.29, 0.717) is 24.7 Å². The number of fused-ring (bicyclic) bond motifs is 1. The standard InChI is InChI=1S/C20H30FN7O/c1-5-22-20(23-11-14-6-8-17(27(2)3)16(21)10-14)24-15-7-9-19-25-18(13-29-4)26-28(19)12-15/h6,8,10,15H,5,7,9,11-13H2,1-4H3,(H2,22,23,24). The van der Waals surface area contributed by atoms with Crippen LogP contribution in [0.2, 0.25) is 0 Å². The van der Waals surface area contributed by atoms with Gasteiger partial charge in [-0.25, -0.2) is 19.0 Å². The van der Waals surface area contributed by atoms with Gasteiger partial charge < -0.3 is 20.3 Å². The lowest BCUT2D eigenvalue weighted by atomic mass is 10.1. The second-order valence-electron chi connectivity index (χ2n) is 7.31. The molecule has 1 unspecified atom stereocenters. The molecule has 2 N–H and O–H groups in total. The fraction of sp³-hybridized carbons (Fsp3) is 0.550. The van der Waals surface area contributed by atoms with Crippen molar-refractivity contribution in [3.63, 3.8) is 0 Å². The van der Waals surface area contributed by atoms with Gasteiger partial charge in [0.15, 0.2) is 11.8 Å². The molecule has 1 aromatic carbocycles. The predicted molar refractivity (Wildman–Crippen MR) is 112 cm³/mol. The molecule has 1 aliphatic heterocycles. The van der Waals surface area contributed by atoms with Crippen LogP contribution in [0.15, 0.2) is 23.2 Å². The van der Waals surface area contributed by atoms with Crippen molar-refractivity contribution in [2.24, 2.45) is 4.99 Å². The third-order valence-electron chi connectivity index (χ3n) is 4.77. The summed E-state index contributed by atoms with van der Waals surface area (Å²) in [6, 6.07) is 5.43. The topological polar surface area (TPSA) is 79.6 Å². The molecule has 1 aromatic heterocycles. The molecule has 0 fully saturated rings. The zero-order valence-electron chi connectivity index (χ0n) is 17.6. The molecule has 0 bridgehead atoms. The Morgan fingerprint density at radius 3 is 2.93 bits per heavy atom. The summed E-state index contributed by atoms with van der Waals surface area (Å²) in [4.78, 5) is 10.9. The van der Waals surface area contributed by atoms with Crippen LogP contribution in [0.4, 0.5) is 10.1 Å². The fourth-order valence-electron chi connectivity index (χ4n) is 3.36. The van der Waals surface area contributed by atoms with E-state index >= 15 is 0 Å². The number of nitrogens with one attached hydrogen (secondary N) is 2. The smallest absolute Gasteiger partial charge is 0.191 e. The van der Waals surface area contributed by atoms with Crippen LogP contribution in [-0.2, 0) is 30.9 Å². The molecule has 9 heteroatoms. The van der Waals surface area contributed by atoms with Gasteiger partial charge in [0.1, 0.15) is 18.2 Å². The maximum absolute atomic E-state index is 14.2. The van der Waals surface area contributed by atoms with E-state index in [1.54, 1.807) is 24.1 Å². The minimum absolute atomic E-state index is 0.199. The molecule has 2 aromatic rings. The van der Waals surface area contributed by atoms with Crippen molar-refractivity contribution in [2.45, 2.75) is 45.5 Å². The maximum atomic E-state index is 14.2. The number of aliphatic imine (C=N–C) groups is 1. The minimum Gasteiger partial charge on any atom is -0.377 e. The lowest BCUT2D eigenvalue weighted by molar-refractivity contribution is 0.177. The van der Waals surface area contributed by atoms with Crippen LogP contribution in [0.5, 0.6) is 0 Å². The molecule has 0 saturated carbocycles. The van der Waals surface area contributed by atoms with Crippen molar-refractivity contribution < 1.29 is 9.13 Å². The van der Waals surface area contributed by atoms with Gasteiger partial charge in [0.2, 0.25) is 0 Å². The van der Waals surface area contributed by atoms with E-state index in [9.17, 15) is 4.39 Å². The molecular weight excluding hydrogens is 373 g/mol. The Morgan fingerprint density at radius 2 is 2.24 bits per heavy atom. The largest absolute Gasteiger partial charge is 0.377 e. The van der Waals surface area contributed by atoms with Gasteiger partial charge in [-0.05, 0) is 31.0 Å². The molecule has 0 spiro atoms. The van der Waals surface area contributed by atoms with Crippen molar-refractivity contribution >= 4 is 11.6 Å². The molecular formula is C20H30FN7O. The van der Waals surface area contributed by atoms with Gasteiger partial charge >= 0.3 is 0 Å². The number of methoxy groups -OCH3 is 1. The van der Waals surface area contributed by atoms with Crippen molar-refractivity contribution in [1.82, 2.24) is 25.4 Å². The zero-order chi connectivity index (χ0) is 20.8. The summed E-state index contributed by atoms with van der Waals surface area (Å²) >= 11 is 0. The van der Waals surface area contributed by atoms with E-state index in [4.69, 9.17) is 4.74 Å². The predicted octanol–water partition coefficient (Wildman–Crippen LogP) is 1.70. The number of ether oxygens (including phenoxy) is 1. The van der Waals surface area contributed by atoms with E-state index in [-0.39, 0.29) is 11.9 Å². The Kier molecular flexibility index (Phi) is 7.03. The highest BCUT2D eigenvalue weighted by molar-refractivity contribution is 5.80. The Hall–Kier alpha value is -2.68. The highest BCUT2D eigenvalue weighted by atomic mass is 19.1. The summed E-state index contributed by atoms with van der Waals surface area (Å²) in [5, 5.41) is 11.2. The molecule has 0 radical (unpaired) electrons. The average molecular weight is 404 g/mol. The number of hydrogen-bond donors (Lipinski definition) is 2. The van der Waals surface area contributed by atoms with Gasteiger partial charge in [-0.2, -0.15) is 5.10 Å². The fourth-order valence-corrected chi connectivity index (χ4v) is 3.36. The van der Waals surface area contributed by atoms with Gasteiger partial charge in [-0.15, -0.1) is 0 Å². The van der Waals surface area contributed by atoms with Crippen LogP contribution >= 0.6 is 0 Å². The molecule has 1 aliphatic rings. The van der Waals surface area contributed by atoms with Crippen molar-refractivity contribution in [3.8, 4) is 0 Å². The Balaban J connectivity index is 1.64. The summed E-state index contributed by atoms with van der Waals surface area (Å²) in [7, 11) is 5.29. The quantitative estimate of drug-likeness (QED) is 0.541. The van der Waals surface area contributed by atoms with Gasteiger partial charge in [0.25, 0.3) is 0 Å². The first-order chi connectivity index (χ1) is 14.0. The number of benzene rings is 1. The van der Waals surface area contributed by atoms with Crippen molar-refractivity contribution in [1.29, 1.82) is 0 Å². The highest BCUT2D eigenvalue weighted by Gasteiger charge is 2.22. The van der Waals surface area contributed by atoms with E-state index in [1.807, 2.05) is 31.8 Å². The minimum atomic E-state index is -0.237. The summed E-state index contributed by atoms with van der Waals surface area (Å²) in [6.07, 6.45) is 1.80. The number of halogens is 1. The third kappa shape index (κ3) is 5.44. The average Bonchev–Trinajstić information content (AvgIpc) is 3.08. The SMILES string of the molecule is CCNC(=NCc1ccc(N(C)C)c(F)c1)NC1CCc2nc(COC)nn2C1. The van der Waals surface area contributed by atoms with Crippen LogP contribution in [0.1, 0.15) is 30.6 Å². The van der Waals surface area contributed by atoms with E-state index < -0.39 is 0 Å². The zero-order valence-corrected chi connectivity index (χ0v) is 17.6. The summed E-state index contributed by atoms with van der Waals surface area (Å²) in [5.74, 6) is 2.19. The van der Waals surface area contributed by atoms with Crippen LogP contribution in [0.3, 0.4) is 0 Å². The molecule has 2 heterocycles. The number of aryl methyl sites for hydroxylation is 1. The first-order valence-corrected chi connectivity index (χ1v) is 9.92. The number of nitrogens with zero attached hydrogens (tertiary/aromatic N) is 5. The van der Waals surface area contributed by atoms with Crippen LogP contribution in [0.25, 0.3) is 0 Å². The van der Waals surface area contributed by atoms with Crippen molar-refractivity contribution in [2.75, 3.05) is 32.6 Å². The highest BCUT2D eigenvalue weighted by Crippen LogP contribution is 2.19. The van der Waals surface area contributed by atoms with Gasteiger partial charge in [-0.3, -0.25) is 0 Å². The second-order valence-corrected chi connectivity index (χ2v) is 7.31. The Morgan fingerprint density at radius 1 is 1.41 bits per heavy atom. The second kappa shape index (κ2) is 9.69. The molecule has 1 atom stereocenters. The number of aromatic nitrogens is 3. The number of hydrogen-bond acceptors (Lipinski definition) is 5. The molecule has 0 saturated heterocycles.